The van der Waals surface area contributed by atoms with E-state index >= 15 is 0 Å². The summed E-state index contributed by atoms with van der Waals surface area (Å²) in [6, 6.07) is 43.2. The van der Waals surface area contributed by atoms with Crippen LogP contribution in [0.5, 0.6) is 0 Å². The van der Waals surface area contributed by atoms with E-state index in [9.17, 15) is 0 Å². The molecule has 0 amide bonds. The lowest BCUT2D eigenvalue weighted by Gasteiger charge is -2.22. The second-order valence-corrected chi connectivity index (χ2v) is 9.92. The Morgan fingerprint density at radius 3 is 1.52 bits per heavy atom. The van der Waals surface area contributed by atoms with Crippen LogP contribution in [-0.4, -0.2) is 12.4 Å². The maximum Gasteiger partial charge on any atom is 0.0811 e. The van der Waals surface area contributed by atoms with Crippen LogP contribution >= 0.6 is 7.92 Å². The monoisotopic (exact) mass is 421 g/mol. The summed E-state index contributed by atoms with van der Waals surface area (Å²) >= 11 is 0. The number of hydrogen-bond acceptors (Lipinski definition) is 1. The van der Waals surface area contributed by atoms with Gasteiger partial charge in [-0.25, -0.2) is 0 Å². The van der Waals surface area contributed by atoms with E-state index in [0.29, 0.717) is 5.92 Å². The molecule has 31 heavy (non-hydrogen) atoms. The van der Waals surface area contributed by atoms with Gasteiger partial charge >= 0.3 is 0 Å². The highest BCUT2D eigenvalue weighted by atomic mass is 31.1. The van der Waals surface area contributed by atoms with Crippen LogP contribution in [0.1, 0.15) is 30.0 Å². The van der Waals surface area contributed by atoms with Crippen molar-refractivity contribution in [2.24, 2.45) is 4.99 Å². The van der Waals surface area contributed by atoms with Crippen molar-refractivity contribution in [2.75, 3.05) is 6.16 Å². The number of aliphatic imine (C=N–C) groups is 1. The van der Waals surface area contributed by atoms with Crippen molar-refractivity contribution in [1.82, 2.24) is 0 Å². The molecular formula is C29H28NP. The third kappa shape index (κ3) is 5.57. The highest BCUT2D eigenvalue weighted by molar-refractivity contribution is 7.73. The summed E-state index contributed by atoms with van der Waals surface area (Å²) in [6.07, 6.45) is 3.11. The fraction of sp³-hybridized carbons (Fsp3) is 0.138. The molecule has 0 saturated heterocycles. The number of benzene rings is 4. The second-order valence-electron chi connectivity index (χ2n) is 7.67. The van der Waals surface area contributed by atoms with E-state index in [1.165, 1.54) is 21.7 Å². The molecule has 0 N–H and O–H groups in total. The Hall–Kier alpha value is -3.02. The molecule has 0 aliphatic carbocycles. The molecule has 2 atom stereocenters. The Bertz CT molecular complexity index is 1020. The molecule has 0 aromatic heterocycles. The van der Waals surface area contributed by atoms with E-state index in [2.05, 4.69) is 134 Å². The number of rotatable bonds is 8. The van der Waals surface area contributed by atoms with Gasteiger partial charge in [0.05, 0.1) is 6.04 Å². The van der Waals surface area contributed by atoms with E-state index in [1.807, 2.05) is 0 Å². The van der Waals surface area contributed by atoms with Gasteiger partial charge in [0.2, 0.25) is 0 Å². The zero-order valence-electron chi connectivity index (χ0n) is 17.9. The first-order valence-corrected chi connectivity index (χ1v) is 12.3. The van der Waals surface area contributed by atoms with Gasteiger partial charge in [-0.15, -0.1) is 0 Å². The van der Waals surface area contributed by atoms with Crippen LogP contribution in [0.25, 0.3) is 0 Å². The van der Waals surface area contributed by atoms with E-state index in [-0.39, 0.29) is 6.04 Å². The smallest absolute Gasteiger partial charge is 0.0811 e. The minimum atomic E-state index is -0.473. The molecule has 0 radical (unpaired) electrons. The molecular weight excluding hydrogens is 393 g/mol. The molecule has 2 unspecified atom stereocenters. The van der Waals surface area contributed by atoms with E-state index in [0.717, 1.165) is 6.16 Å². The van der Waals surface area contributed by atoms with E-state index in [1.54, 1.807) is 0 Å². The van der Waals surface area contributed by atoms with Crippen LogP contribution in [-0.2, 0) is 0 Å². The van der Waals surface area contributed by atoms with Crippen LogP contribution in [0, 0.1) is 0 Å². The summed E-state index contributed by atoms with van der Waals surface area (Å²) in [4.78, 5) is 5.15. The van der Waals surface area contributed by atoms with Gasteiger partial charge in [-0.3, -0.25) is 4.99 Å². The lowest BCUT2D eigenvalue weighted by atomic mass is 9.89. The Kier molecular flexibility index (Phi) is 7.42. The quantitative estimate of drug-likeness (QED) is 0.221. The highest BCUT2D eigenvalue weighted by Crippen LogP contribution is 2.35. The maximum atomic E-state index is 5.15. The van der Waals surface area contributed by atoms with Gasteiger partial charge in [0.15, 0.2) is 0 Å². The second kappa shape index (κ2) is 10.8. The van der Waals surface area contributed by atoms with Gasteiger partial charge in [0.25, 0.3) is 0 Å². The van der Waals surface area contributed by atoms with Gasteiger partial charge < -0.3 is 0 Å². The molecule has 0 aliphatic heterocycles. The predicted molar refractivity (Wildman–Crippen MR) is 136 cm³/mol. The standard InChI is InChI=1S/C29H28NP/c1-24(25-14-6-2-7-15-25)29(26-16-8-3-9-17-26)30-22-23-31(27-18-10-4-11-19-27)28-20-12-5-13-21-28/h2-22,24,29H,23H2,1H3. The molecule has 4 aromatic rings. The van der Waals surface area contributed by atoms with Crippen LogP contribution in [0.3, 0.4) is 0 Å². The Balaban J connectivity index is 1.62. The zero-order chi connectivity index (χ0) is 21.3. The average Bonchev–Trinajstić information content (AvgIpc) is 2.86. The first kappa shape index (κ1) is 21.2. The molecule has 154 valence electrons. The van der Waals surface area contributed by atoms with Crippen LogP contribution < -0.4 is 10.6 Å². The van der Waals surface area contributed by atoms with Crippen molar-refractivity contribution in [2.45, 2.75) is 18.9 Å². The van der Waals surface area contributed by atoms with Crippen molar-refractivity contribution in [3.8, 4) is 0 Å². The van der Waals surface area contributed by atoms with Crippen LogP contribution in [0.2, 0.25) is 0 Å². The summed E-state index contributed by atoms with van der Waals surface area (Å²) in [5.41, 5.74) is 2.58. The van der Waals surface area contributed by atoms with E-state index in [4.69, 9.17) is 4.99 Å². The van der Waals surface area contributed by atoms with Crippen molar-refractivity contribution in [1.29, 1.82) is 0 Å². The fourth-order valence-electron chi connectivity index (χ4n) is 3.91. The van der Waals surface area contributed by atoms with Crippen molar-refractivity contribution < 1.29 is 0 Å². The zero-order valence-corrected chi connectivity index (χ0v) is 18.8. The van der Waals surface area contributed by atoms with Gasteiger partial charge in [0.1, 0.15) is 0 Å². The maximum absolute atomic E-state index is 5.15. The molecule has 1 nitrogen and oxygen atoms in total. The van der Waals surface area contributed by atoms with Crippen molar-refractivity contribution in [3.63, 3.8) is 0 Å². The highest BCUT2D eigenvalue weighted by Gasteiger charge is 2.20. The van der Waals surface area contributed by atoms with Crippen LogP contribution in [0.4, 0.5) is 0 Å². The van der Waals surface area contributed by atoms with Gasteiger partial charge in [0, 0.05) is 18.3 Å². The topological polar surface area (TPSA) is 12.4 Å². The van der Waals surface area contributed by atoms with Crippen molar-refractivity contribution in [3.05, 3.63) is 132 Å². The normalized spacial score (nSPS) is 13.4. The lowest BCUT2D eigenvalue weighted by Crippen LogP contribution is -2.15. The first-order valence-electron chi connectivity index (χ1n) is 10.8. The molecule has 2 heteroatoms. The minimum absolute atomic E-state index is 0.104. The molecule has 0 bridgehead atoms. The minimum Gasteiger partial charge on any atom is -0.288 e. The largest absolute Gasteiger partial charge is 0.288 e. The summed E-state index contributed by atoms with van der Waals surface area (Å²) in [6.45, 7) is 2.28. The third-order valence-electron chi connectivity index (χ3n) is 5.61. The van der Waals surface area contributed by atoms with Gasteiger partial charge in [-0.2, -0.15) is 0 Å². The summed E-state index contributed by atoms with van der Waals surface area (Å²) in [5.74, 6) is 0.305. The molecule has 4 rings (SSSR count). The van der Waals surface area contributed by atoms with E-state index < -0.39 is 7.92 Å². The van der Waals surface area contributed by atoms with Gasteiger partial charge in [-0.1, -0.05) is 128 Å². The average molecular weight is 422 g/mol. The number of hydrogen-bond donors (Lipinski definition) is 0. The molecule has 0 aliphatic rings. The Morgan fingerprint density at radius 1 is 0.613 bits per heavy atom. The lowest BCUT2D eigenvalue weighted by molar-refractivity contribution is 0.602. The molecule has 0 heterocycles. The SMILES string of the molecule is CC(c1ccccc1)C(N=CCP(c1ccccc1)c1ccccc1)c1ccccc1. The molecule has 0 saturated carbocycles. The fourth-order valence-corrected chi connectivity index (χ4v) is 5.95. The Labute approximate surface area is 187 Å². The van der Waals surface area contributed by atoms with Crippen LogP contribution in [0.15, 0.2) is 126 Å². The first-order chi connectivity index (χ1) is 15.3. The van der Waals surface area contributed by atoms with Crippen molar-refractivity contribution >= 4 is 24.7 Å². The molecule has 4 aromatic carbocycles. The molecule has 0 fully saturated rings. The Morgan fingerprint density at radius 2 is 1.03 bits per heavy atom. The summed E-state index contributed by atoms with van der Waals surface area (Å²) in [5, 5.41) is 2.78. The van der Waals surface area contributed by atoms with Gasteiger partial charge in [-0.05, 0) is 29.7 Å². The molecule has 0 spiro atoms. The summed E-state index contributed by atoms with van der Waals surface area (Å²) < 4.78 is 0. The summed E-state index contributed by atoms with van der Waals surface area (Å²) in [7, 11) is -0.473. The predicted octanol–water partition coefficient (Wildman–Crippen LogP) is 6.74. The third-order valence-corrected chi connectivity index (χ3v) is 7.98. The number of nitrogens with zero attached hydrogens (tertiary/aromatic N) is 1.